The number of aryl methyl sites for hydroxylation is 1. The molecule has 82 valence electrons. The van der Waals surface area contributed by atoms with Gasteiger partial charge in [-0.15, -0.1) is 0 Å². The van der Waals surface area contributed by atoms with Gasteiger partial charge in [0.05, 0.1) is 0 Å². The van der Waals surface area contributed by atoms with Crippen molar-refractivity contribution in [1.82, 2.24) is 4.98 Å². The van der Waals surface area contributed by atoms with Crippen LogP contribution in [0, 0.1) is 0 Å². The summed E-state index contributed by atoms with van der Waals surface area (Å²) in [5.74, 6) is 0. The lowest BCUT2D eigenvalue weighted by atomic mass is 10.2. The molecule has 0 bridgehead atoms. The van der Waals surface area contributed by atoms with Crippen molar-refractivity contribution in [2.75, 3.05) is 0 Å². The molecule has 1 nitrogen and oxygen atoms in total. The molecule has 2 rings (SSSR count). The second-order valence-corrected chi connectivity index (χ2v) is 5.56. The molecule has 0 atom stereocenters. The van der Waals surface area contributed by atoms with Crippen molar-refractivity contribution in [1.29, 1.82) is 0 Å². The van der Waals surface area contributed by atoms with E-state index >= 15 is 0 Å². The van der Waals surface area contributed by atoms with Gasteiger partial charge in [-0.05, 0) is 47.0 Å². The van der Waals surface area contributed by atoms with Crippen molar-refractivity contribution in [2.45, 2.75) is 23.3 Å². The number of benzene rings is 1. The first-order valence-electron chi connectivity index (χ1n) is 5.23. The van der Waals surface area contributed by atoms with Crippen LogP contribution in [0.5, 0.6) is 0 Å². The quantitative estimate of drug-likeness (QED) is 0.741. The van der Waals surface area contributed by atoms with E-state index in [9.17, 15) is 0 Å². The minimum atomic E-state index is 1.05. The third-order valence-corrected chi connectivity index (χ3v) is 4.49. The number of nitrogens with zero attached hydrogens (tertiary/aromatic N) is 1. The Labute approximate surface area is 104 Å². The maximum atomic E-state index is 4.27. The van der Waals surface area contributed by atoms with Crippen LogP contribution < -0.4 is 0 Å². The third kappa shape index (κ3) is 3.29. The third-order valence-electron chi connectivity index (χ3n) is 2.19. The largest absolute Gasteiger partial charge is 0.249 e. The van der Waals surface area contributed by atoms with Crippen LogP contribution in [0.3, 0.4) is 0 Å². The van der Waals surface area contributed by atoms with Gasteiger partial charge in [-0.1, -0.05) is 35.9 Å². The lowest BCUT2D eigenvalue weighted by molar-refractivity contribution is 1.13. The fourth-order valence-corrected chi connectivity index (χ4v) is 3.11. The van der Waals surface area contributed by atoms with Gasteiger partial charge in [0.1, 0.15) is 5.03 Å². The Bertz CT molecular complexity index is 425. The van der Waals surface area contributed by atoms with E-state index in [4.69, 9.17) is 0 Å². The Morgan fingerprint density at radius 2 is 1.81 bits per heavy atom. The highest BCUT2D eigenvalue weighted by Crippen LogP contribution is 2.35. The molecule has 1 aromatic heterocycles. The first-order chi connectivity index (χ1) is 7.88. The number of hydrogen-bond acceptors (Lipinski definition) is 3. The van der Waals surface area contributed by atoms with Gasteiger partial charge in [-0.2, -0.15) is 0 Å². The average Bonchev–Trinajstić information content (AvgIpc) is 2.38. The van der Waals surface area contributed by atoms with Crippen LogP contribution in [0.2, 0.25) is 0 Å². The summed E-state index contributed by atoms with van der Waals surface area (Å²) in [4.78, 5) is 5.54. The summed E-state index contributed by atoms with van der Waals surface area (Å²) in [6, 6.07) is 14.7. The molecule has 0 saturated carbocycles. The highest BCUT2D eigenvalue weighted by Gasteiger charge is 1.97. The van der Waals surface area contributed by atoms with Crippen molar-refractivity contribution in [3.8, 4) is 0 Å². The van der Waals surface area contributed by atoms with E-state index in [1.807, 2.05) is 24.4 Å². The lowest BCUT2D eigenvalue weighted by Crippen LogP contribution is -1.78. The van der Waals surface area contributed by atoms with Crippen LogP contribution in [-0.2, 0) is 6.42 Å². The maximum Gasteiger partial charge on any atom is 0.107 e. The predicted molar refractivity (Wildman–Crippen MR) is 71.8 cm³/mol. The number of hydrogen-bond donors (Lipinski definition) is 0. The van der Waals surface area contributed by atoms with Gasteiger partial charge in [-0.25, -0.2) is 4.98 Å². The molecule has 16 heavy (non-hydrogen) atoms. The SMILES string of the molecule is CCc1ccc(SSc2ccccn2)cc1. The molecule has 0 aliphatic carbocycles. The van der Waals surface area contributed by atoms with E-state index in [-0.39, 0.29) is 0 Å². The molecular formula is C13H13NS2. The van der Waals surface area contributed by atoms with Gasteiger partial charge >= 0.3 is 0 Å². The Hall–Kier alpha value is -0.930. The van der Waals surface area contributed by atoms with Crippen molar-refractivity contribution < 1.29 is 0 Å². The van der Waals surface area contributed by atoms with E-state index in [0.29, 0.717) is 0 Å². The van der Waals surface area contributed by atoms with Crippen LogP contribution in [-0.4, -0.2) is 4.98 Å². The molecule has 0 spiro atoms. The van der Waals surface area contributed by atoms with Gasteiger partial charge in [0.2, 0.25) is 0 Å². The van der Waals surface area contributed by atoms with E-state index < -0.39 is 0 Å². The Balaban J connectivity index is 1.94. The van der Waals surface area contributed by atoms with Gasteiger partial charge < -0.3 is 0 Å². The zero-order valence-corrected chi connectivity index (χ0v) is 10.7. The molecule has 1 aromatic carbocycles. The lowest BCUT2D eigenvalue weighted by Gasteiger charge is -2.01. The average molecular weight is 247 g/mol. The molecule has 3 heteroatoms. The second-order valence-electron chi connectivity index (χ2n) is 3.33. The summed E-state index contributed by atoms with van der Waals surface area (Å²) in [6.07, 6.45) is 2.92. The van der Waals surface area contributed by atoms with Crippen LogP contribution in [0.25, 0.3) is 0 Å². The van der Waals surface area contributed by atoms with Crippen LogP contribution in [0.4, 0.5) is 0 Å². The van der Waals surface area contributed by atoms with Crippen LogP contribution in [0.15, 0.2) is 58.6 Å². The van der Waals surface area contributed by atoms with Gasteiger partial charge in [0, 0.05) is 11.1 Å². The summed E-state index contributed by atoms with van der Waals surface area (Å²) < 4.78 is 0. The minimum Gasteiger partial charge on any atom is -0.249 e. The monoisotopic (exact) mass is 247 g/mol. The smallest absolute Gasteiger partial charge is 0.107 e. The van der Waals surface area contributed by atoms with E-state index in [0.717, 1.165) is 11.4 Å². The molecule has 0 aliphatic heterocycles. The summed E-state index contributed by atoms with van der Waals surface area (Å²) in [7, 11) is 3.44. The first-order valence-corrected chi connectivity index (χ1v) is 7.38. The molecule has 0 aliphatic rings. The molecule has 0 fully saturated rings. The minimum absolute atomic E-state index is 1.05. The molecule has 0 amide bonds. The van der Waals surface area contributed by atoms with Crippen LogP contribution in [0.1, 0.15) is 12.5 Å². The summed E-state index contributed by atoms with van der Waals surface area (Å²) in [5, 5.41) is 1.05. The Morgan fingerprint density at radius 1 is 1.00 bits per heavy atom. The summed E-state index contributed by atoms with van der Waals surface area (Å²) >= 11 is 0. The maximum absolute atomic E-state index is 4.27. The highest BCUT2D eigenvalue weighted by atomic mass is 33.1. The van der Waals surface area contributed by atoms with E-state index in [1.165, 1.54) is 10.5 Å². The standard InChI is InChI=1S/C13H13NS2/c1-2-11-6-8-12(9-7-11)15-16-13-5-3-4-10-14-13/h3-10H,2H2,1H3. The predicted octanol–water partition coefficient (Wildman–Crippen LogP) is 4.44. The first kappa shape index (κ1) is 11.6. The molecule has 0 N–H and O–H groups in total. The van der Waals surface area contributed by atoms with E-state index in [1.54, 1.807) is 21.6 Å². The molecule has 2 aromatic rings. The van der Waals surface area contributed by atoms with E-state index in [2.05, 4.69) is 36.2 Å². The fraction of sp³-hybridized carbons (Fsp3) is 0.154. The van der Waals surface area contributed by atoms with Gasteiger partial charge in [0.25, 0.3) is 0 Å². The van der Waals surface area contributed by atoms with Gasteiger partial charge in [0.15, 0.2) is 0 Å². The summed E-state index contributed by atoms with van der Waals surface area (Å²) in [6.45, 7) is 2.17. The highest BCUT2D eigenvalue weighted by molar-refractivity contribution is 8.76. The fourth-order valence-electron chi connectivity index (χ4n) is 1.27. The molecule has 0 radical (unpaired) electrons. The second kappa shape index (κ2) is 5.97. The molecular weight excluding hydrogens is 234 g/mol. The van der Waals surface area contributed by atoms with Crippen molar-refractivity contribution in [3.05, 3.63) is 54.2 Å². The number of aromatic nitrogens is 1. The summed E-state index contributed by atoms with van der Waals surface area (Å²) in [5.41, 5.74) is 1.38. The zero-order valence-electron chi connectivity index (χ0n) is 9.09. The Kier molecular flexibility index (Phi) is 4.31. The normalized spacial score (nSPS) is 10.3. The molecule has 0 saturated heterocycles. The van der Waals surface area contributed by atoms with Crippen molar-refractivity contribution in [3.63, 3.8) is 0 Å². The number of rotatable bonds is 4. The van der Waals surface area contributed by atoms with Crippen molar-refractivity contribution in [2.24, 2.45) is 0 Å². The van der Waals surface area contributed by atoms with Gasteiger partial charge in [-0.3, -0.25) is 0 Å². The Morgan fingerprint density at radius 3 is 2.44 bits per heavy atom. The topological polar surface area (TPSA) is 12.9 Å². The van der Waals surface area contributed by atoms with Crippen LogP contribution >= 0.6 is 21.6 Å². The zero-order chi connectivity index (χ0) is 11.2. The molecule has 1 heterocycles. The van der Waals surface area contributed by atoms with Crippen molar-refractivity contribution >= 4 is 21.6 Å². The number of pyridine rings is 1. The molecule has 0 unspecified atom stereocenters.